The minimum atomic E-state index is 0.526. The Labute approximate surface area is 115 Å². The lowest BCUT2D eigenvalue weighted by molar-refractivity contribution is 0.516. The Hall–Kier alpha value is 0.1000. The van der Waals surface area contributed by atoms with Crippen molar-refractivity contribution in [2.45, 2.75) is 45.4 Å². The molecule has 0 radical (unpaired) electrons. The Balaban J connectivity index is 2.22. The fourth-order valence-corrected chi connectivity index (χ4v) is 2.87. The Bertz CT molecular complexity index is 372. The molecule has 0 bridgehead atoms. The van der Waals surface area contributed by atoms with Crippen LogP contribution in [0.1, 0.15) is 50.0 Å². The highest BCUT2D eigenvalue weighted by Gasteiger charge is 2.27. The molecule has 88 valence electrons. The minimum absolute atomic E-state index is 0.526. The largest absolute Gasteiger partial charge is 0.237 e. The molecule has 0 saturated heterocycles. The van der Waals surface area contributed by atoms with Crippen LogP contribution < -0.4 is 0 Å². The van der Waals surface area contributed by atoms with Gasteiger partial charge >= 0.3 is 0 Å². The molecule has 2 rings (SSSR count). The highest BCUT2D eigenvalue weighted by atomic mass is 127. The highest BCUT2D eigenvalue weighted by Crippen LogP contribution is 2.38. The summed E-state index contributed by atoms with van der Waals surface area (Å²) in [6.07, 6.45) is 5.03. The number of halogens is 2. The number of aryl methyl sites for hydroxylation is 1. The molecule has 1 heterocycles. The molecule has 2 unspecified atom stereocenters. The van der Waals surface area contributed by atoms with Gasteiger partial charge in [0, 0.05) is 5.92 Å². The van der Waals surface area contributed by atoms with Gasteiger partial charge in [0.05, 0.1) is 9.26 Å². The van der Waals surface area contributed by atoms with Gasteiger partial charge in [0.25, 0.3) is 0 Å². The summed E-state index contributed by atoms with van der Waals surface area (Å²) >= 11 is 8.31. The molecule has 2 nitrogen and oxygen atoms in total. The lowest BCUT2D eigenvalue weighted by Crippen LogP contribution is -2.05. The molecule has 4 heteroatoms. The molecule has 16 heavy (non-hydrogen) atoms. The second kappa shape index (κ2) is 5.17. The molecule has 1 aromatic rings. The first-order valence-corrected chi connectivity index (χ1v) is 7.27. The summed E-state index contributed by atoms with van der Waals surface area (Å²) in [5.74, 6) is 2.34. The van der Waals surface area contributed by atoms with Crippen molar-refractivity contribution in [2.24, 2.45) is 5.92 Å². The maximum atomic E-state index is 6.11. The molecule has 1 aliphatic rings. The average molecular weight is 351 g/mol. The minimum Gasteiger partial charge on any atom is -0.237 e. The first-order valence-electron chi connectivity index (χ1n) is 5.81. The Morgan fingerprint density at radius 1 is 1.38 bits per heavy atom. The van der Waals surface area contributed by atoms with Crippen molar-refractivity contribution < 1.29 is 0 Å². The van der Waals surface area contributed by atoms with Crippen LogP contribution in [0.5, 0.6) is 0 Å². The number of aromatic nitrogens is 2. The van der Waals surface area contributed by atoms with Crippen LogP contribution in [0.15, 0.2) is 0 Å². The molecule has 1 saturated carbocycles. The zero-order chi connectivity index (χ0) is 11.7. The molecule has 0 spiro atoms. The number of nitrogens with zero attached hydrogens (tertiary/aromatic N) is 2. The Morgan fingerprint density at radius 3 is 2.69 bits per heavy atom. The van der Waals surface area contributed by atoms with Crippen molar-refractivity contribution in [2.75, 3.05) is 0 Å². The maximum Gasteiger partial charge on any atom is 0.146 e. The quantitative estimate of drug-likeness (QED) is 0.586. The van der Waals surface area contributed by atoms with E-state index in [1.807, 2.05) is 6.92 Å². The third kappa shape index (κ3) is 2.50. The standard InChI is InChI=1S/C12H16ClIN2/c1-3-8-4-5-9(6-8)12-15-7(2)10(14)11(13)16-12/h8-9H,3-6H2,1-2H3. The van der Waals surface area contributed by atoms with Crippen LogP contribution in [0, 0.1) is 16.4 Å². The van der Waals surface area contributed by atoms with Crippen molar-refractivity contribution in [3.8, 4) is 0 Å². The summed E-state index contributed by atoms with van der Waals surface area (Å²) in [5.41, 5.74) is 1.01. The van der Waals surface area contributed by atoms with E-state index in [0.717, 1.165) is 21.0 Å². The molecular formula is C12H16ClIN2. The van der Waals surface area contributed by atoms with Crippen LogP contribution in [0.3, 0.4) is 0 Å². The predicted octanol–water partition coefficient (Wildman–Crippen LogP) is 4.34. The lowest BCUT2D eigenvalue weighted by Gasteiger charge is -2.11. The van der Waals surface area contributed by atoms with Gasteiger partial charge in [0.2, 0.25) is 0 Å². The van der Waals surface area contributed by atoms with Crippen LogP contribution in [-0.2, 0) is 0 Å². The molecule has 1 aliphatic carbocycles. The summed E-state index contributed by atoms with van der Waals surface area (Å²) in [6, 6.07) is 0. The van der Waals surface area contributed by atoms with E-state index in [2.05, 4.69) is 39.5 Å². The zero-order valence-corrected chi connectivity index (χ0v) is 12.5. The van der Waals surface area contributed by atoms with Gasteiger partial charge in [-0.3, -0.25) is 0 Å². The normalized spacial score (nSPS) is 25.0. The van der Waals surface area contributed by atoms with E-state index in [9.17, 15) is 0 Å². The Kier molecular flexibility index (Phi) is 4.06. The van der Waals surface area contributed by atoms with Gasteiger partial charge < -0.3 is 0 Å². The van der Waals surface area contributed by atoms with Gasteiger partial charge in [-0.05, 0) is 54.7 Å². The monoisotopic (exact) mass is 350 g/mol. The third-order valence-corrected chi connectivity index (χ3v) is 5.36. The summed E-state index contributed by atoms with van der Waals surface area (Å²) in [6.45, 7) is 4.27. The second-order valence-electron chi connectivity index (χ2n) is 4.56. The maximum absolute atomic E-state index is 6.11. The number of hydrogen-bond donors (Lipinski definition) is 0. The van der Waals surface area contributed by atoms with Crippen LogP contribution in [-0.4, -0.2) is 9.97 Å². The smallest absolute Gasteiger partial charge is 0.146 e. The van der Waals surface area contributed by atoms with E-state index in [-0.39, 0.29) is 0 Å². The van der Waals surface area contributed by atoms with Gasteiger partial charge in [0.1, 0.15) is 11.0 Å². The zero-order valence-electron chi connectivity index (χ0n) is 9.63. The summed E-state index contributed by atoms with van der Waals surface area (Å²) in [4.78, 5) is 9.01. The van der Waals surface area contributed by atoms with Crippen molar-refractivity contribution in [1.29, 1.82) is 0 Å². The first-order chi connectivity index (χ1) is 7.61. The van der Waals surface area contributed by atoms with Gasteiger partial charge in [-0.25, -0.2) is 9.97 Å². The van der Waals surface area contributed by atoms with Crippen LogP contribution in [0.25, 0.3) is 0 Å². The summed E-state index contributed by atoms with van der Waals surface area (Å²) in [5, 5.41) is 0.614. The van der Waals surface area contributed by atoms with Crippen LogP contribution in [0.2, 0.25) is 5.15 Å². The molecular weight excluding hydrogens is 335 g/mol. The number of rotatable bonds is 2. The van der Waals surface area contributed by atoms with Crippen molar-refractivity contribution in [3.63, 3.8) is 0 Å². The van der Waals surface area contributed by atoms with E-state index in [4.69, 9.17) is 11.6 Å². The summed E-state index contributed by atoms with van der Waals surface area (Å²) in [7, 11) is 0. The first kappa shape index (κ1) is 12.6. The third-order valence-electron chi connectivity index (χ3n) is 3.48. The molecule has 0 aromatic carbocycles. The van der Waals surface area contributed by atoms with Gasteiger partial charge in [-0.15, -0.1) is 0 Å². The second-order valence-corrected chi connectivity index (χ2v) is 5.99. The highest BCUT2D eigenvalue weighted by molar-refractivity contribution is 14.1. The van der Waals surface area contributed by atoms with Crippen molar-refractivity contribution in [1.82, 2.24) is 9.97 Å². The predicted molar refractivity (Wildman–Crippen MR) is 74.9 cm³/mol. The van der Waals surface area contributed by atoms with Crippen LogP contribution >= 0.6 is 34.2 Å². The fraction of sp³-hybridized carbons (Fsp3) is 0.667. The SMILES string of the molecule is CCC1CCC(c2nc(C)c(I)c(Cl)n2)C1. The average Bonchev–Trinajstić information content (AvgIpc) is 2.73. The molecule has 0 N–H and O–H groups in total. The lowest BCUT2D eigenvalue weighted by atomic mass is 10.0. The van der Waals surface area contributed by atoms with E-state index in [1.165, 1.54) is 25.7 Å². The van der Waals surface area contributed by atoms with E-state index in [1.54, 1.807) is 0 Å². The van der Waals surface area contributed by atoms with Crippen molar-refractivity contribution >= 4 is 34.2 Å². The number of hydrogen-bond acceptors (Lipinski definition) is 2. The fourth-order valence-electron chi connectivity index (χ4n) is 2.41. The summed E-state index contributed by atoms with van der Waals surface area (Å²) < 4.78 is 0.980. The Morgan fingerprint density at radius 2 is 2.12 bits per heavy atom. The van der Waals surface area contributed by atoms with Gasteiger partial charge in [0.15, 0.2) is 0 Å². The molecule has 1 aromatic heterocycles. The molecule has 0 aliphatic heterocycles. The van der Waals surface area contributed by atoms with E-state index >= 15 is 0 Å². The molecule has 0 amide bonds. The van der Waals surface area contributed by atoms with Gasteiger partial charge in [-0.1, -0.05) is 24.9 Å². The molecule has 2 atom stereocenters. The van der Waals surface area contributed by atoms with Gasteiger partial charge in [-0.2, -0.15) is 0 Å². The van der Waals surface area contributed by atoms with E-state index < -0.39 is 0 Å². The topological polar surface area (TPSA) is 25.8 Å². The van der Waals surface area contributed by atoms with Crippen molar-refractivity contribution in [3.05, 3.63) is 20.2 Å². The van der Waals surface area contributed by atoms with Crippen LogP contribution in [0.4, 0.5) is 0 Å². The van der Waals surface area contributed by atoms with E-state index in [0.29, 0.717) is 11.1 Å². The molecule has 1 fully saturated rings.